The molecule has 0 radical (unpaired) electrons. The van der Waals surface area contributed by atoms with E-state index in [0.29, 0.717) is 6.04 Å². The molecule has 0 spiro atoms. The second kappa shape index (κ2) is 4.84. The van der Waals surface area contributed by atoms with Gasteiger partial charge >= 0.3 is 6.03 Å². The van der Waals surface area contributed by atoms with E-state index in [4.69, 9.17) is 0 Å². The molecule has 1 aliphatic carbocycles. The first-order valence-corrected chi connectivity index (χ1v) is 7.17. The second-order valence-electron chi connectivity index (χ2n) is 5.71. The Morgan fingerprint density at radius 1 is 0.941 bits per heavy atom. The van der Waals surface area contributed by atoms with Crippen LogP contribution in [-0.2, 0) is 0 Å². The molecular formula is C13H23N3O. The van der Waals surface area contributed by atoms with E-state index in [9.17, 15) is 4.79 Å². The topological polar surface area (TPSA) is 35.6 Å². The molecule has 3 aliphatic rings. The molecule has 0 aromatic rings. The minimum atomic E-state index is 0.133. The summed E-state index contributed by atoms with van der Waals surface area (Å²) >= 11 is 0. The van der Waals surface area contributed by atoms with E-state index in [1.807, 2.05) is 4.90 Å². The highest BCUT2D eigenvalue weighted by Gasteiger charge is 2.37. The van der Waals surface area contributed by atoms with E-state index in [-0.39, 0.29) is 6.03 Å². The first-order chi connectivity index (χ1) is 8.34. The lowest BCUT2D eigenvalue weighted by Crippen LogP contribution is -2.51. The van der Waals surface area contributed by atoms with Crippen LogP contribution in [0.2, 0.25) is 0 Å². The van der Waals surface area contributed by atoms with E-state index in [0.717, 1.165) is 25.6 Å². The number of fused-ring (bicyclic) bond motifs is 1. The Morgan fingerprint density at radius 3 is 2.53 bits per heavy atom. The van der Waals surface area contributed by atoms with E-state index >= 15 is 0 Å². The number of hydrazine groups is 1. The summed E-state index contributed by atoms with van der Waals surface area (Å²) in [6.45, 7) is 2.93. The Bertz CT molecular complexity index is 288. The summed E-state index contributed by atoms with van der Waals surface area (Å²) in [6.07, 6.45) is 8.95. The summed E-state index contributed by atoms with van der Waals surface area (Å²) in [5, 5.41) is 2.23. The van der Waals surface area contributed by atoms with Crippen molar-refractivity contribution in [3.63, 3.8) is 0 Å². The molecule has 0 aromatic heterocycles. The van der Waals surface area contributed by atoms with Crippen molar-refractivity contribution in [3.8, 4) is 0 Å². The van der Waals surface area contributed by atoms with Crippen LogP contribution in [-0.4, -0.2) is 41.6 Å². The van der Waals surface area contributed by atoms with Crippen molar-refractivity contribution in [2.75, 3.05) is 19.6 Å². The van der Waals surface area contributed by atoms with Crippen LogP contribution in [0.1, 0.15) is 44.9 Å². The van der Waals surface area contributed by atoms with Crippen LogP contribution < -0.4 is 5.43 Å². The molecular weight excluding hydrogens is 214 g/mol. The Hall–Kier alpha value is -0.770. The van der Waals surface area contributed by atoms with Gasteiger partial charge in [-0.2, -0.15) is 0 Å². The number of rotatable bonds is 1. The van der Waals surface area contributed by atoms with Crippen LogP contribution >= 0.6 is 0 Å². The van der Waals surface area contributed by atoms with Gasteiger partial charge in [-0.1, -0.05) is 12.8 Å². The van der Waals surface area contributed by atoms with E-state index < -0.39 is 0 Å². The van der Waals surface area contributed by atoms with Crippen LogP contribution in [0.4, 0.5) is 4.79 Å². The third-order valence-electron chi connectivity index (χ3n) is 4.64. The number of hydrogen-bond acceptors (Lipinski definition) is 2. The van der Waals surface area contributed by atoms with Crippen molar-refractivity contribution >= 4 is 6.03 Å². The van der Waals surface area contributed by atoms with Gasteiger partial charge in [0.05, 0.1) is 0 Å². The van der Waals surface area contributed by atoms with Crippen molar-refractivity contribution in [2.24, 2.45) is 5.92 Å². The third-order valence-corrected chi connectivity index (χ3v) is 4.64. The first-order valence-electron chi connectivity index (χ1n) is 7.17. The summed E-state index contributed by atoms with van der Waals surface area (Å²) < 4.78 is 0. The van der Waals surface area contributed by atoms with Gasteiger partial charge in [0.25, 0.3) is 0 Å². The smallest absolute Gasteiger partial charge is 0.324 e. The van der Waals surface area contributed by atoms with Crippen LogP contribution in [0.25, 0.3) is 0 Å². The van der Waals surface area contributed by atoms with Crippen molar-refractivity contribution in [1.29, 1.82) is 0 Å². The Morgan fingerprint density at radius 2 is 1.71 bits per heavy atom. The van der Waals surface area contributed by atoms with Crippen LogP contribution in [0.5, 0.6) is 0 Å². The largest absolute Gasteiger partial charge is 0.331 e. The molecule has 0 bridgehead atoms. The molecule has 0 aromatic carbocycles. The van der Waals surface area contributed by atoms with E-state index in [1.165, 1.54) is 44.9 Å². The fourth-order valence-electron chi connectivity index (χ4n) is 3.66. The number of likely N-dealkylation sites (tertiary alicyclic amines) is 1. The number of nitrogens with zero attached hydrogens (tertiary/aromatic N) is 2. The van der Waals surface area contributed by atoms with Crippen LogP contribution in [0, 0.1) is 5.92 Å². The quantitative estimate of drug-likeness (QED) is 0.757. The second-order valence-corrected chi connectivity index (χ2v) is 5.71. The average Bonchev–Trinajstić information content (AvgIpc) is 2.98. The Kier molecular flexibility index (Phi) is 3.23. The molecule has 2 amide bonds. The van der Waals surface area contributed by atoms with Gasteiger partial charge in [0, 0.05) is 25.7 Å². The minimum Gasteiger partial charge on any atom is -0.324 e. The maximum atomic E-state index is 12.0. The predicted octanol–water partition coefficient (Wildman–Crippen LogP) is 1.97. The molecule has 3 rings (SSSR count). The lowest BCUT2D eigenvalue weighted by Gasteiger charge is -2.32. The molecule has 2 atom stereocenters. The minimum absolute atomic E-state index is 0.133. The molecule has 2 unspecified atom stereocenters. The van der Waals surface area contributed by atoms with Crippen molar-refractivity contribution in [1.82, 2.24) is 15.3 Å². The molecule has 96 valence electrons. The highest BCUT2D eigenvalue weighted by atomic mass is 16.2. The maximum absolute atomic E-state index is 12.0. The highest BCUT2D eigenvalue weighted by molar-refractivity contribution is 5.73. The summed E-state index contributed by atoms with van der Waals surface area (Å²) in [5.74, 6) is 0.836. The van der Waals surface area contributed by atoms with Gasteiger partial charge in [-0.05, 0) is 38.0 Å². The zero-order valence-electron chi connectivity index (χ0n) is 10.5. The molecule has 2 aliphatic heterocycles. The number of carbonyl (C=O) groups excluding carboxylic acids is 1. The van der Waals surface area contributed by atoms with Gasteiger partial charge in [-0.3, -0.25) is 5.43 Å². The lowest BCUT2D eigenvalue weighted by atomic mass is 9.85. The van der Waals surface area contributed by atoms with Crippen molar-refractivity contribution < 1.29 is 4.79 Å². The molecule has 3 fully saturated rings. The normalized spacial score (nSPS) is 33.8. The molecule has 4 nitrogen and oxygen atoms in total. The summed E-state index contributed by atoms with van der Waals surface area (Å²) in [7, 11) is 0. The molecule has 17 heavy (non-hydrogen) atoms. The van der Waals surface area contributed by atoms with Gasteiger partial charge < -0.3 is 4.90 Å². The highest BCUT2D eigenvalue weighted by Crippen LogP contribution is 2.35. The number of urea groups is 1. The average molecular weight is 237 g/mol. The Labute approximate surface area is 103 Å². The fourth-order valence-corrected chi connectivity index (χ4v) is 3.66. The molecule has 4 heteroatoms. The molecule has 2 heterocycles. The van der Waals surface area contributed by atoms with Gasteiger partial charge in [-0.15, -0.1) is 0 Å². The van der Waals surface area contributed by atoms with Crippen molar-refractivity contribution in [2.45, 2.75) is 51.0 Å². The fraction of sp³-hybridized carbons (Fsp3) is 0.923. The molecule has 1 N–H and O–H groups in total. The zero-order valence-corrected chi connectivity index (χ0v) is 10.5. The van der Waals surface area contributed by atoms with Crippen LogP contribution in [0.15, 0.2) is 0 Å². The standard InChI is InChI=1S/C13H23N3O/c17-13(15-8-3-4-9-15)14-16-10-7-11-5-1-2-6-12(11)16/h11-12H,1-10H2,(H,14,17). The van der Waals surface area contributed by atoms with Gasteiger partial charge in [0.15, 0.2) is 0 Å². The summed E-state index contributed by atoms with van der Waals surface area (Å²) in [4.78, 5) is 14.0. The number of amides is 2. The number of hydrogen-bond donors (Lipinski definition) is 1. The van der Waals surface area contributed by atoms with Crippen LogP contribution in [0.3, 0.4) is 0 Å². The monoisotopic (exact) mass is 237 g/mol. The summed E-state index contributed by atoms with van der Waals surface area (Å²) in [5.41, 5.74) is 3.14. The SMILES string of the molecule is O=C(NN1CCC2CCCCC21)N1CCCC1. The number of nitrogens with one attached hydrogen (secondary N) is 1. The maximum Gasteiger partial charge on any atom is 0.331 e. The third kappa shape index (κ3) is 2.28. The predicted molar refractivity (Wildman–Crippen MR) is 66.4 cm³/mol. The number of carbonyl (C=O) groups is 1. The van der Waals surface area contributed by atoms with Crippen molar-refractivity contribution in [3.05, 3.63) is 0 Å². The lowest BCUT2D eigenvalue weighted by molar-refractivity contribution is 0.116. The van der Waals surface area contributed by atoms with Gasteiger partial charge in [-0.25, -0.2) is 9.80 Å². The Balaban J connectivity index is 1.56. The van der Waals surface area contributed by atoms with Gasteiger partial charge in [0.2, 0.25) is 0 Å². The van der Waals surface area contributed by atoms with Gasteiger partial charge in [0.1, 0.15) is 0 Å². The summed E-state index contributed by atoms with van der Waals surface area (Å²) in [6, 6.07) is 0.754. The zero-order chi connectivity index (χ0) is 11.7. The van der Waals surface area contributed by atoms with E-state index in [1.54, 1.807) is 0 Å². The van der Waals surface area contributed by atoms with E-state index in [2.05, 4.69) is 10.4 Å². The molecule has 2 saturated heterocycles. The molecule has 1 saturated carbocycles. The first kappa shape index (κ1) is 11.3.